The molecule has 196 valence electrons. The molecule has 2 aliphatic rings. The number of nitrogens with one attached hydrogen (secondary N) is 3. The van der Waals surface area contributed by atoms with Crippen LogP contribution < -0.4 is 25.6 Å². The Labute approximate surface area is 227 Å². The van der Waals surface area contributed by atoms with Gasteiger partial charge in [0.1, 0.15) is 27.0 Å². The zero-order chi connectivity index (χ0) is 26.9. The number of carbonyl (C=O) groups excluding carboxylic acids is 3. The lowest BCUT2D eigenvalue weighted by Crippen LogP contribution is -2.48. The van der Waals surface area contributed by atoms with Crippen LogP contribution in [0.2, 0.25) is 0 Å². The summed E-state index contributed by atoms with van der Waals surface area (Å²) in [5.74, 6) is 1.02. The Morgan fingerprint density at radius 2 is 1.85 bits per heavy atom. The van der Waals surface area contributed by atoms with E-state index < -0.39 is 6.03 Å². The molecule has 39 heavy (non-hydrogen) atoms. The molecule has 0 saturated heterocycles. The van der Waals surface area contributed by atoms with Crippen LogP contribution in [0.15, 0.2) is 73.6 Å². The first-order valence-corrected chi connectivity index (χ1v) is 13.3. The summed E-state index contributed by atoms with van der Waals surface area (Å²) in [7, 11) is 0. The van der Waals surface area contributed by atoms with E-state index in [0.717, 1.165) is 19.3 Å². The van der Waals surface area contributed by atoms with Crippen molar-refractivity contribution in [2.75, 3.05) is 10.2 Å². The normalized spacial score (nSPS) is 17.9. The zero-order valence-electron chi connectivity index (χ0n) is 20.7. The fourth-order valence-corrected chi connectivity index (χ4v) is 5.97. The van der Waals surface area contributed by atoms with Gasteiger partial charge in [-0.05, 0) is 55.7 Å². The van der Waals surface area contributed by atoms with Gasteiger partial charge in [0, 0.05) is 18.3 Å². The lowest BCUT2D eigenvalue weighted by molar-refractivity contribution is -0.117. The van der Waals surface area contributed by atoms with Crippen molar-refractivity contribution >= 4 is 56.6 Å². The van der Waals surface area contributed by atoms with Gasteiger partial charge in [0.2, 0.25) is 5.91 Å². The third-order valence-electron chi connectivity index (χ3n) is 6.73. The Kier molecular flexibility index (Phi) is 6.41. The third kappa shape index (κ3) is 4.68. The first-order valence-electron chi connectivity index (χ1n) is 12.5. The summed E-state index contributed by atoms with van der Waals surface area (Å²) in [6.07, 6.45) is 6.78. The van der Waals surface area contributed by atoms with Crippen LogP contribution in [0.4, 0.5) is 22.0 Å². The van der Waals surface area contributed by atoms with Gasteiger partial charge < -0.3 is 20.7 Å². The molecule has 4 amide bonds. The van der Waals surface area contributed by atoms with Crippen molar-refractivity contribution in [2.45, 2.75) is 31.3 Å². The standard InChI is InChI=1S/C28H24N6O4S/c1-2-22(35)31-18-9-6-10-19(18)32-26(36)25-24-23-20(13-14-29-27(23)39-25)34(28(37)33-24)21-12-11-17(15-30-21)38-16-7-4-3-5-8-16/h2-5,7-8,11-15,18-19H,1,6,9-10H2,(H,31,35)(H,32,36)(H,33,37)/t18?,19-/m1/s1. The van der Waals surface area contributed by atoms with Crippen molar-refractivity contribution in [1.82, 2.24) is 20.6 Å². The number of aromatic nitrogens is 2. The molecule has 4 heterocycles. The highest BCUT2D eigenvalue weighted by Gasteiger charge is 2.35. The Bertz CT molecular complexity index is 1590. The van der Waals surface area contributed by atoms with Gasteiger partial charge in [-0.15, -0.1) is 11.3 Å². The Morgan fingerprint density at radius 3 is 2.59 bits per heavy atom. The van der Waals surface area contributed by atoms with E-state index in [2.05, 4.69) is 32.5 Å². The predicted molar refractivity (Wildman–Crippen MR) is 149 cm³/mol. The maximum Gasteiger partial charge on any atom is 0.332 e. The average Bonchev–Trinajstić information content (AvgIpc) is 3.54. The number of thiophene rings is 1. The van der Waals surface area contributed by atoms with Crippen LogP contribution in [0.5, 0.6) is 11.5 Å². The van der Waals surface area contributed by atoms with Crippen molar-refractivity contribution in [3.05, 3.63) is 78.5 Å². The zero-order valence-corrected chi connectivity index (χ0v) is 21.5. The van der Waals surface area contributed by atoms with E-state index >= 15 is 0 Å². The molecule has 6 rings (SSSR count). The Balaban J connectivity index is 1.27. The van der Waals surface area contributed by atoms with E-state index in [4.69, 9.17) is 4.74 Å². The summed E-state index contributed by atoms with van der Waals surface area (Å²) in [4.78, 5) is 49.9. The summed E-state index contributed by atoms with van der Waals surface area (Å²) in [6, 6.07) is 13.7. The quantitative estimate of drug-likeness (QED) is 0.280. The fraction of sp³-hybridized carbons (Fsp3) is 0.179. The second-order valence-corrected chi connectivity index (χ2v) is 10.2. The molecule has 1 aliphatic heterocycles. The van der Waals surface area contributed by atoms with Crippen LogP contribution in [0.25, 0.3) is 10.2 Å². The van der Waals surface area contributed by atoms with E-state index in [-0.39, 0.29) is 23.9 Å². The number of hydrogen-bond acceptors (Lipinski definition) is 7. The predicted octanol–water partition coefficient (Wildman–Crippen LogP) is 5.12. The van der Waals surface area contributed by atoms with Gasteiger partial charge in [-0.1, -0.05) is 24.8 Å². The first kappa shape index (κ1) is 24.6. The van der Waals surface area contributed by atoms with Gasteiger partial charge in [0.25, 0.3) is 5.91 Å². The smallest absolute Gasteiger partial charge is 0.332 e. The van der Waals surface area contributed by atoms with Gasteiger partial charge >= 0.3 is 6.03 Å². The van der Waals surface area contributed by atoms with Gasteiger partial charge in [0.05, 0.1) is 23.0 Å². The van der Waals surface area contributed by atoms with E-state index in [0.29, 0.717) is 43.8 Å². The molecule has 10 nitrogen and oxygen atoms in total. The average molecular weight is 541 g/mol. The topological polar surface area (TPSA) is 126 Å². The van der Waals surface area contributed by atoms with Crippen molar-refractivity contribution in [3.8, 4) is 11.5 Å². The molecule has 1 fully saturated rings. The molecule has 1 unspecified atom stereocenters. The minimum absolute atomic E-state index is 0.177. The molecular weight excluding hydrogens is 516 g/mol. The molecular formula is C28H24N6O4S. The van der Waals surface area contributed by atoms with Crippen LogP contribution in [-0.2, 0) is 4.79 Å². The fourth-order valence-electron chi connectivity index (χ4n) is 4.94. The maximum absolute atomic E-state index is 13.4. The second-order valence-electron chi connectivity index (χ2n) is 9.18. The van der Waals surface area contributed by atoms with Gasteiger partial charge in [-0.25, -0.2) is 19.7 Å². The van der Waals surface area contributed by atoms with Crippen molar-refractivity contribution < 1.29 is 19.1 Å². The van der Waals surface area contributed by atoms with Crippen LogP contribution in [0, 0.1) is 0 Å². The molecule has 1 aromatic carbocycles. The molecule has 11 heteroatoms. The SMILES string of the molecule is C=CC(=O)NC1CCC[C@H]1NC(=O)c1sc2nccc3c2c1NC(=O)N3c1ccc(Oc2ccccc2)cn1. The summed E-state index contributed by atoms with van der Waals surface area (Å²) in [6.45, 7) is 3.49. The monoisotopic (exact) mass is 540 g/mol. The molecule has 1 saturated carbocycles. The molecule has 3 aromatic heterocycles. The highest BCUT2D eigenvalue weighted by Crippen LogP contribution is 2.45. The molecule has 3 N–H and O–H groups in total. The van der Waals surface area contributed by atoms with Gasteiger partial charge in [-0.3, -0.25) is 9.59 Å². The first-order chi connectivity index (χ1) is 19.0. The van der Waals surface area contributed by atoms with Crippen molar-refractivity contribution in [1.29, 1.82) is 0 Å². The molecule has 1 aliphatic carbocycles. The molecule has 4 aromatic rings. The van der Waals surface area contributed by atoms with E-state index in [1.165, 1.54) is 22.3 Å². The summed E-state index contributed by atoms with van der Waals surface area (Å²) < 4.78 is 5.82. The number of para-hydroxylation sites is 1. The van der Waals surface area contributed by atoms with Gasteiger partial charge in [0.15, 0.2) is 0 Å². The minimum atomic E-state index is -0.441. The Morgan fingerprint density at radius 1 is 1.05 bits per heavy atom. The van der Waals surface area contributed by atoms with Gasteiger partial charge in [-0.2, -0.15) is 0 Å². The minimum Gasteiger partial charge on any atom is -0.456 e. The number of ether oxygens (including phenoxy) is 1. The van der Waals surface area contributed by atoms with E-state index in [9.17, 15) is 14.4 Å². The molecule has 0 bridgehead atoms. The molecule has 0 spiro atoms. The number of carbonyl (C=O) groups is 3. The van der Waals surface area contributed by atoms with Crippen LogP contribution in [0.1, 0.15) is 28.9 Å². The number of nitrogens with zero attached hydrogens (tertiary/aromatic N) is 3. The van der Waals surface area contributed by atoms with Crippen molar-refractivity contribution in [3.63, 3.8) is 0 Å². The second kappa shape index (κ2) is 10.2. The third-order valence-corrected chi connectivity index (χ3v) is 7.82. The van der Waals surface area contributed by atoms with E-state index in [1.807, 2.05) is 30.3 Å². The number of hydrogen-bond donors (Lipinski definition) is 3. The summed E-state index contributed by atoms with van der Waals surface area (Å²) >= 11 is 1.21. The van der Waals surface area contributed by atoms with Crippen molar-refractivity contribution in [2.24, 2.45) is 0 Å². The summed E-state index contributed by atoms with van der Waals surface area (Å²) in [5, 5.41) is 9.47. The maximum atomic E-state index is 13.4. The number of urea groups is 1. The lowest BCUT2D eigenvalue weighted by Gasteiger charge is -2.27. The highest BCUT2D eigenvalue weighted by atomic mass is 32.1. The van der Waals surface area contributed by atoms with Crippen LogP contribution in [-0.4, -0.2) is 39.9 Å². The number of anilines is 3. The highest BCUT2D eigenvalue weighted by molar-refractivity contribution is 7.21. The number of benzene rings is 1. The largest absolute Gasteiger partial charge is 0.456 e. The molecule has 0 radical (unpaired) electrons. The van der Waals surface area contributed by atoms with E-state index in [1.54, 1.807) is 30.6 Å². The summed E-state index contributed by atoms with van der Waals surface area (Å²) in [5.41, 5.74) is 1.00. The van der Waals surface area contributed by atoms with Crippen LogP contribution >= 0.6 is 11.3 Å². The number of pyridine rings is 2. The Hall–Kier alpha value is -4.77. The number of rotatable bonds is 7. The molecule has 2 atom stereocenters. The number of amides is 4. The van der Waals surface area contributed by atoms with Crippen LogP contribution in [0.3, 0.4) is 0 Å². The lowest BCUT2D eigenvalue weighted by atomic mass is 10.1.